The summed E-state index contributed by atoms with van der Waals surface area (Å²) in [5, 5.41) is 0. The Hall–Kier alpha value is -1.02. The minimum absolute atomic E-state index is 0.603. The summed E-state index contributed by atoms with van der Waals surface area (Å²) in [5.41, 5.74) is 1.37. The number of aryl methyl sites for hydroxylation is 1. The molecule has 16 heavy (non-hydrogen) atoms. The third-order valence-corrected chi connectivity index (χ3v) is 3.45. The molecule has 0 bridgehead atoms. The van der Waals surface area contributed by atoms with E-state index in [1.54, 1.807) is 0 Å². The largest absolute Gasteiger partial charge is 0.492 e. The summed E-state index contributed by atoms with van der Waals surface area (Å²) in [6, 6.07) is 9.05. The second-order valence-corrected chi connectivity index (χ2v) is 4.59. The van der Waals surface area contributed by atoms with Crippen LogP contribution in [0.5, 0.6) is 5.75 Å². The molecule has 2 heteroatoms. The molecule has 0 spiro atoms. The summed E-state index contributed by atoms with van der Waals surface area (Å²) in [7, 11) is 2.18. The molecule has 1 atom stereocenters. The predicted octanol–water partition coefficient (Wildman–Crippen LogP) is 2.72. The average Bonchev–Trinajstić information content (AvgIpc) is 2.73. The second kappa shape index (κ2) is 5.35. The summed E-state index contributed by atoms with van der Waals surface area (Å²) in [4.78, 5) is 2.39. The lowest BCUT2D eigenvalue weighted by Gasteiger charge is -2.19. The van der Waals surface area contributed by atoms with Gasteiger partial charge in [0, 0.05) is 6.04 Å². The molecule has 0 aromatic heterocycles. The number of nitrogens with zero attached hydrogens (tertiary/aromatic N) is 1. The van der Waals surface area contributed by atoms with Crippen molar-refractivity contribution in [3.8, 4) is 5.75 Å². The van der Waals surface area contributed by atoms with E-state index in [-0.39, 0.29) is 0 Å². The average molecular weight is 219 g/mol. The first kappa shape index (κ1) is 11.5. The third kappa shape index (κ3) is 2.76. The molecule has 1 aliphatic rings. The summed E-state index contributed by atoms with van der Waals surface area (Å²) in [6.07, 6.45) is 3.66. The highest BCUT2D eigenvalue weighted by molar-refractivity contribution is 5.27. The lowest BCUT2D eigenvalue weighted by molar-refractivity contribution is 0.198. The van der Waals surface area contributed by atoms with Gasteiger partial charge in [-0.15, -0.1) is 0 Å². The zero-order chi connectivity index (χ0) is 11.4. The van der Waals surface area contributed by atoms with Crippen LogP contribution in [0.25, 0.3) is 0 Å². The van der Waals surface area contributed by atoms with Crippen LogP contribution >= 0.6 is 0 Å². The molecule has 1 aliphatic heterocycles. The van der Waals surface area contributed by atoms with Crippen LogP contribution in [0.4, 0.5) is 0 Å². The van der Waals surface area contributed by atoms with E-state index in [2.05, 4.69) is 43.1 Å². The van der Waals surface area contributed by atoms with Gasteiger partial charge in [0.15, 0.2) is 0 Å². The number of hydrogen-bond acceptors (Lipinski definition) is 2. The Morgan fingerprint density at radius 3 is 2.62 bits per heavy atom. The number of ether oxygens (including phenoxy) is 1. The molecule has 0 aliphatic carbocycles. The Balaban J connectivity index is 1.84. The summed E-state index contributed by atoms with van der Waals surface area (Å²) in [5.74, 6) is 0.998. The first-order chi connectivity index (χ1) is 7.79. The Bertz CT molecular complexity index is 320. The van der Waals surface area contributed by atoms with E-state index in [4.69, 9.17) is 4.74 Å². The third-order valence-electron chi connectivity index (χ3n) is 3.45. The highest BCUT2D eigenvalue weighted by atomic mass is 16.5. The maximum Gasteiger partial charge on any atom is 0.119 e. The normalized spacial score (nSPS) is 21.2. The van der Waals surface area contributed by atoms with Gasteiger partial charge in [-0.05, 0) is 50.6 Å². The topological polar surface area (TPSA) is 12.5 Å². The molecule has 2 rings (SSSR count). The molecule has 1 aromatic carbocycles. The van der Waals surface area contributed by atoms with E-state index in [9.17, 15) is 0 Å². The first-order valence-electron chi connectivity index (χ1n) is 6.21. The molecule has 0 radical (unpaired) electrons. The van der Waals surface area contributed by atoms with E-state index in [1.165, 1.54) is 24.9 Å². The van der Waals surface area contributed by atoms with Crippen LogP contribution in [0, 0.1) is 0 Å². The van der Waals surface area contributed by atoms with E-state index in [0.717, 1.165) is 18.8 Å². The Morgan fingerprint density at radius 2 is 2.06 bits per heavy atom. The fourth-order valence-corrected chi connectivity index (χ4v) is 2.20. The van der Waals surface area contributed by atoms with Gasteiger partial charge >= 0.3 is 0 Å². The van der Waals surface area contributed by atoms with Crippen LogP contribution in [0.3, 0.4) is 0 Å². The lowest BCUT2D eigenvalue weighted by atomic mass is 10.2. The van der Waals surface area contributed by atoms with E-state index >= 15 is 0 Å². The summed E-state index contributed by atoms with van der Waals surface area (Å²) < 4.78 is 5.82. The highest BCUT2D eigenvalue weighted by Gasteiger charge is 2.21. The van der Waals surface area contributed by atoms with Gasteiger partial charge in [-0.25, -0.2) is 0 Å². The van der Waals surface area contributed by atoms with Gasteiger partial charge in [0.2, 0.25) is 0 Å². The SMILES string of the molecule is CCc1ccc(OC[C@@H]2CCCN2C)cc1. The van der Waals surface area contributed by atoms with Crippen molar-refractivity contribution in [2.45, 2.75) is 32.2 Å². The highest BCUT2D eigenvalue weighted by Crippen LogP contribution is 2.18. The zero-order valence-corrected chi connectivity index (χ0v) is 10.3. The smallest absolute Gasteiger partial charge is 0.119 e. The lowest BCUT2D eigenvalue weighted by Crippen LogP contribution is -2.30. The van der Waals surface area contributed by atoms with Crippen LogP contribution in [-0.4, -0.2) is 31.1 Å². The number of likely N-dealkylation sites (tertiary alicyclic amines) is 1. The van der Waals surface area contributed by atoms with Gasteiger partial charge in [0.1, 0.15) is 12.4 Å². The minimum atomic E-state index is 0.603. The van der Waals surface area contributed by atoms with E-state index in [1.807, 2.05) is 0 Å². The number of benzene rings is 1. The molecule has 1 fully saturated rings. The van der Waals surface area contributed by atoms with Gasteiger partial charge in [-0.3, -0.25) is 0 Å². The maximum absolute atomic E-state index is 5.82. The fraction of sp³-hybridized carbons (Fsp3) is 0.571. The molecule has 0 saturated carbocycles. The van der Waals surface area contributed by atoms with Crippen molar-refractivity contribution >= 4 is 0 Å². The van der Waals surface area contributed by atoms with Crippen LogP contribution in [0.15, 0.2) is 24.3 Å². The van der Waals surface area contributed by atoms with Gasteiger partial charge in [0.25, 0.3) is 0 Å². The molecule has 1 aromatic rings. The van der Waals surface area contributed by atoms with Crippen molar-refractivity contribution in [2.75, 3.05) is 20.2 Å². The predicted molar refractivity (Wildman–Crippen MR) is 67.0 cm³/mol. The minimum Gasteiger partial charge on any atom is -0.492 e. The molecular formula is C14H21NO. The number of rotatable bonds is 4. The molecule has 88 valence electrons. The molecule has 0 unspecified atom stereocenters. The van der Waals surface area contributed by atoms with Gasteiger partial charge in [-0.2, -0.15) is 0 Å². The molecule has 1 heterocycles. The van der Waals surface area contributed by atoms with Crippen LogP contribution in [0.1, 0.15) is 25.3 Å². The summed E-state index contributed by atoms with van der Waals surface area (Å²) in [6.45, 7) is 4.20. The second-order valence-electron chi connectivity index (χ2n) is 4.59. The van der Waals surface area contributed by atoms with Crippen molar-refractivity contribution in [3.63, 3.8) is 0 Å². The fourth-order valence-electron chi connectivity index (χ4n) is 2.20. The van der Waals surface area contributed by atoms with Crippen molar-refractivity contribution < 1.29 is 4.74 Å². The maximum atomic E-state index is 5.82. The van der Waals surface area contributed by atoms with Gasteiger partial charge < -0.3 is 9.64 Å². The van der Waals surface area contributed by atoms with E-state index < -0.39 is 0 Å². The molecule has 2 nitrogen and oxygen atoms in total. The Kier molecular flexibility index (Phi) is 3.83. The zero-order valence-electron chi connectivity index (χ0n) is 10.3. The van der Waals surface area contributed by atoms with E-state index in [0.29, 0.717) is 6.04 Å². The standard InChI is InChI=1S/C14H21NO/c1-3-12-6-8-14(9-7-12)16-11-13-5-4-10-15(13)2/h6-9,13H,3-5,10-11H2,1-2H3/t13-/m0/s1. The molecule has 1 saturated heterocycles. The Morgan fingerprint density at radius 1 is 1.31 bits per heavy atom. The molecule has 0 amide bonds. The summed E-state index contributed by atoms with van der Waals surface area (Å²) >= 11 is 0. The van der Waals surface area contributed by atoms with Gasteiger partial charge in [-0.1, -0.05) is 19.1 Å². The molecule has 0 N–H and O–H groups in total. The number of likely N-dealkylation sites (N-methyl/N-ethyl adjacent to an activating group) is 1. The molecular weight excluding hydrogens is 198 g/mol. The number of hydrogen-bond donors (Lipinski definition) is 0. The first-order valence-corrected chi connectivity index (χ1v) is 6.21. The van der Waals surface area contributed by atoms with Crippen LogP contribution < -0.4 is 4.74 Å². The van der Waals surface area contributed by atoms with Crippen molar-refractivity contribution in [3.05, 3.63) is 29.8 Å². The van der Waals surface area contributed by atoms with Crippen LogP contribution in [-0.2, 0) is 6.42 Å². The van der Waals surface area contributed by atoms with Crippen molar-refractivity contribution in [2.24, 2.45) is 0 Å². The quantitative estimate of drug-likeness (QED) is 0.772. The van der Waals surface area contributed by atoms with Crippen molar-refractivity contribution in [1.82, 2.24) is 4.90 Å². The Labute approximate surface area is 98.2 Å². The van der Waals surface area contributed by atoms with Crippen molar-refractivity contribution in [1.29, 1.82) is 0 Å². The van der Waals surface area contributed by atoms with Gasteiger partial charge in [0.05, 0.1) is 0 Å². The van der Waals surface area contributed by atoms with Crippen LogP contribution in [0.2, 0.25) is 0 Å². The monoisotopic (exact) mass is 219 g/mol.